The van der Waals surface area contributed by atoms with Crippen LogP contribution < -0.4 is 14.2 Å². The molecular formula is C22H22FN5O3S. The number of nitrogens with zero attached hydrogens (tertiary/aromatic N) is 4. The molecule has 3 heterocycles. The van der Waals surface area contributed by atoms with Crippen molar-refractivity contribution in [2.24, 2.45) is 0 Å². The molecule has 1 aromatic carbocycles. The Bertz CT molecular complexity index is 1140. The highest BCUT2D eigenvalue weighted by Gasteiger charge is 2.24. The summed E-state index contributed by atoms with van der Waals surface area (Å²) in [6.07, 6.45) is 3.45. The first-order valence-corrected chi connectivity index (χ1v) is 10.7. The Morgan fingerprint density at radius 3 is 2.50 bits per heavy atom. The zero-order valence-electron chi connectivity index (χ0n) is 17.8. The van der Waals surface area contributed by atoms with E-state index in [1.165, 1.54) is 24.2 Å². The first kappa shape index (κ1) is 21.7. The summed E-state index contributed by atoms with van der Waals surface area (Å²) in [5, 5.41) is 8.79. The van der Waals surface area contributed by atoms with E-state index >= 15 is 0 Å². The van der Waals surface area contributed by atoms with Crippen molar-refractivity contribution in [2.75, 3.05) is 18.9 Å². The van der Waals surface area contributed by atoms with Crippen LogP contribution in [0.3, 0.4) is 0 Å². The molecular weight excluding hydrogens is 433 g/mol. The first-order valence-electron chi connectivity index (χ1n) is 9.83. The number of aromatic nitrogens is 4. The molecule has 4 rings (SSSR count). The zero-order chi connectivity index (χ0) is 22.5. The van der Waals surface area contributed by atoms with E-state index in [4.69, 9.17) is 13.9 Å². The number of rotatable bonds is 9. The Balaban J connectivity index is 1.66. The Labute approximate surface area is 188 Å². The number of nitrogens with one attached hydrogen (secondary N) is 1. The second-order valence-electron chi connectivity index (χ2n) is 6.87. The standard InChI is InChI=1S/C22H22FN5O3S/c1-14(12-16-10-9-15(23)13-24-16)32-27-22-26-25-21(19-8-5-11-31-19)28(22)20-17(29-2)6-4-7-18(20)30-3/h4-11,13-14H,12H2,1-3H3,(H,26,27). The van der Waals surface area contributed by atoms with Crippen LogP contribution >= 0.6 is 11.9 Å². The third kappa shape index (κ3) is 4.54. The molecule has 10 heteroatoms. The van der Waals surface area contributed by atoms with E-state index in [9.17, 15) is 4.39 Å². The fourth-order valence-electron chi connectivity index (χ4n) is 3.20. The normalized spacial score (nSPS) is 11.9. The van der Waals surface area contributed by atoms with Gasteiger partial charge in [-0.2, -0.15) is 0 Å². The molecule has 0 amide bonds. The maximum Gasteiger partial charge on any atom is 0.239 e. The largest absolute Gasteiger partial charge is 0.494 e. The SMILES string of the molecule is COc1cccc(OC)c1-n1c(NSC(C)Cc2ccc(F)cn2)nnc1-c1ccco1. The molecule has 0 radical (unpaired) electrons. The summed E-state index contributed by atoms with van der Waals surface area (Å²) in [4.78, 5) is 4.13. The quantitative estimate of drug-likeness (QED) is 0.361. The highest BCUT2D eigenvalue weighted by molar-refractivity contribution is 8.01. The lowest BCUT2D eigenvalue weighted by Crippen LogP contribution is -2.10. The van der Waals surface area contributed by atoms with Crippen molar-refractivity contribution in [1.29, 1.82) is 0 Å². The molecule has 0 saturated carbocycles. The average molecular weight is 456 g/mol. The van der Waals surface area contributed by atoms with Crippen LogP contribution in [0.4, 0.5) is 10.3 Å². The van der Waals surface area contributed by atoms with Gasteiger partial charge in [-0.25, -0.2) is 4.39 Å². The number of ether oxygens (including phenoxy) is 2. The Kier molecular flexibility index (Phi) is 6.60. The molecule has 0 aliphatic carbocycles. The number of benzene rings is 1. The predicted molar refractivity (Wildman–Crippen MR) is 121 cm³/mol. The van der Waals surface area contributed by atoms with Gasteiger partial charge in [-0.1, -0.05) is 13.0 Å². The summed E-state index contributed by atoms with van der Waals surface area (Å²) < 4.78 is 35.0. The number of furan rings is 1. The summed E-state index contributed by atoms with van der Waals surface area (Å²) in [7, 11) is 3.18. The summed E-state index contributed by atoms with van der Waals surface area (Å²) >= 11 is 1.46. The van der Waals surface area contributed by atoms with E-state index in [0.29, 0.717) is 41.1 Å². The maximum atomic E-state index is 13.1. The number of para-hydroxylation sites is 1. The fraction of sp³-hybridized carbons (Fsp3) is 0.227. The molecule has 4 aromatic rings. The molecule has 0 spiro atoms. The lowest BCUT2D eigenvalue weighted by molar-refractivity contribution is 0.391. The van der Waals surface area contributed by atoms with Crippen molar-refractivity contribution >= 4 is 17.9 Å². The van der Waals surface area contributed by atoms with Gasteiger partial charge in [0.2, 0.25) is 11.8 Å². The second-order valence-corrected chi connectivity index (χ2v) is 8.12. The molecule has 32 heavy (non-hydrogen) atoms. The van der Waals surface area contributed by atoms with Crippen LogP contribution in [0.1, 0.15) is 12.6 Å². The van der Waals surface area contributed by atoms with Crippen LogP contribution in [0.15, 0.2) is 59.3 Å². The molecule has 0 bridgehead atoms. The number of anilines is 1. The Morgan fingerprint density at radius 1 is 1.09 bits per heavy atom. The number of halogens is 1. The Morgan fingerprint density at radius 2 is 1.88 bits per heavy atom. The average Bonchev–Trinajstić information content (AvgIpc) is 3.48. The smallest absolute Gasteiger partial charge is 0.239 e. The number of hydrogen-bond acceptors (Lipinski definition) is 8. The van der Waals surface area contributed by atoms with Gasteiger partial charge in [-0.3, -0.25) is 14.3 Å². The minimum Gasteiger partial charge on any atom is -0.494 e. The van der Waals surface area contributed by atoms with Gasteiger partial charge in [-0.05, 0) is 48.3 Å². The van der Waals surface area contributed by atoms with Crippen LogP contribution in [0.5, 0.6) is 11.5 Å². The highest BCUT2D eigenvalue weighted by atomic mass is 32.2. The molecule has 0 fully saturated rings. The van der Waals surface area contributed by atoms with Crippen molar-refractivity contribution in [3.05, 3.63) is 66.4 Å². The van der Waals surface area contributed by atoms with Crippen LogP contribution in [0.25, 0.3) is 17.3 Å². The third-order valence-electron chi connectivity index (χ3n) is 4.67. The second kappa shape index (κ2) is 9.73. The van der Waals surface area contributed by atoms with Gasteiger partial charge in [0, 0.05) is 17.4 Å². The predicted octanol–water partition coefficient (Wildman–Crippen LogP) is 4.77. The molecule has 3 aromatic heterocycles. The van der Waals surface area contributed by atoms with Crippen molar-refractivity contribution in [2.45, 2.75) is 18.6 Å². The van der Waals surface area contributed by atoms with E-state index in [1.54, 1.807) is 37.2 Å². The molecule has 166 valence electrons. The molecule has 1 atom stereocenters. The maximum absolute atomic E-state index is 13.1. The fourth-order valence-corrected chi connectivity index (χ4v) is 3.89. The van der Waals surface area contributed by atoms with Gasteiger partial charge in [0.15, 0.2) is 5.76 Å². The van der Waals surface area contributed by atoms with Crippen LogP contribution in [0.2, 0.25) is 0 Å². The van der Waals surface area contributed by atoms with Crippen molar-refractivity contribution < 1.29 is 18.3 Å². The zero-order valence-corrected chi connectivity index (χ0v) is 18.6. The van der Waals surface area contributed by atoms with Gasteiger partial charge >= 0.3 is 0 Å². The minimum atomic E-state index is -0.350. The molecule has 1 unspecified atom stereocenters. The van der Waals surface area contributed by atoms with Crippen molar-refractivity contribution in [1.82, 2.24) is 19.7 Å². The molecule has 0 aliphatic rings. The van der Waals surface area contributed by atoms with Gasteiger partial charge in [0.25, 0.3) is 0 Å². The third-order valence-corrected chi connectivity index (χ3v) is 5.54. The first-order chi connectivity index (χ1) is 15.6. The summed E-state index contributed by atoms with van der Waals surface area (Å²) in [6, 6.07) is 12.2. The summed E-state index contributed by atoms with van der Waals surface area (Å²) in [6.45, 7) is 2.04. The topological polar surface area (TPSA) is 87.2 Å². The molecule has 1 N–H and O–H groups in total. The van der Waals surface area contributed by atoms with E-state index in [2.05, 4.69) is 19.9 Å². The van der Waals surface area contributed by atoms with Gasteiger partial charge in [0.05, 0.1) is 26.7 Å². The van der Waals surface area contributed by atoms with E-state index in [-0.39, 0.29) is 11.1 Å². The summed E-state index contributed by atoms with van der Waals surface area (Å²) in [5.74, 6) is 2.35. The number of pyridine rings is 1. The molecule has 8 nitrogen and oxygen atoms in total. The lowest BCUT2D eigenvalue weighted by atomic mass is 10.2. The van der Waals surface area contributed by atoms with E-state index in [1.807, 2.05) is 31.2 Å². The van der Waals surface area contributed by atoms with E-state index < -0.39 is 0 Å². The lowest BCUT2D eigenvalue weighted by Gasteiger charge is -2.18. The van der Waals surface area contributed by atoms with Crippen molar-refractivity contribution in [3.8, 4) is 28.8 Å². The molecule has 0 aliphatic heterocycles. The molecule has 0 saturated heterocycles. The Hall–Kier alpha value is -3.53. The number of methoxy groups -OCH3 is 2. The highest BCUT2D eigenvalue weighted by Crippen LogP contribution is 2.38. The van der Waals surface area contributed by atoms with Gasteiger partial charge < -0.3 is 13.9 Å². The van der Waals surface area contributed by atoms with Crippen LogP contribution in [-0.4, -0.2) is 39.2 Å². The van der Waals surface area contributed by atoms with Crippen LogP contribution in [-0.2, 0) is 6.42 Å². The van der Waals surface area contributed by atoms with Crippen molar-refractivity contribution in [3.63, 3.8) is 0 Å². The summed E-state index contributed by atoms with van der Waals surface area (Å²) in [5.41, 5.74) is 1.45. The van der Waals surface area contributed by atoms with E-state index in [0.717, 1.165) is 5.69 Å². The van der Waals surface area contributed by atoms with Gasteiger partial charge in [0.1, 0.15) is 23.0 Å². The number of hydrogen-bond donors (Lipinski definition) is 1. The minimum absolute atomic E-state index is 0.115. The van der Waals surface area contributed by atoms with Gasteiger partial charge in [-0.15, -0.1) is 10.2 Å². The monoisotopic (exact) mass is 455 g/mol. The van der Waals surface area contributed by atoms with Crippen LogP contribution in [0, 0.1) is 5.82 Å².